The molecule has 0 radical (unpaired) electrons. The van der Waals surface area contributed by atoms with Crippen LogP contribution in [-0.2, 0) is 9.53 Å². The SMILES string of the molecule is CC(C)CNC(=O)[C@H](CO)NC(=O)OC(C)(C)C. The van der Waals surface area contributed by atoms with E-state index in [1.165, 1.54) is 0 Å². The van der Waals surface area contributed by atoms with Gasteiger partial charge in [-0.1, -0.05) is 13.8 Å². The molecule has 0 aliphatic carbocycles. The Morgan fingerprint density at radius 2 is 1.83 bits per heavy atom. The summed E-state index contributed by atoms with van der Waals surface area (Å²) in [5.74, 6) is -0.119. The highest BCUT2D eigenvalue weighted by Crippen LogP contribution is 2.06. The van der Waals surface area contributed by atoms with Crippen LogP contribution in [0.3, 0.4) is 0 Å². The van der Waals surface area contributed by atoms with Crippen LogP contribution in [0.25, 0.3) is 0 Å². The number of amides is 2. The first-order valence-electron chi connectivity index (χ1n) is 6.03. The molecule has 0 saturated carbocycles. The zero-order valence-corrected chi connectivity index (χ0v) is 11.7. The van der Waals surface area contributed by atoms with E-state index < -0.39 is 30.3 Å². The monoisotopic (exact) mass is 260 g/mol. The van der Waals surface area contributed by atoms with Crippen LogP contribution in [0.15, 0.2) is 0 Å². The third-order valence-electron chi connectivity index (χ3n) is 1.87. The number of aliphatic hydroxyl groups is 1. The molecular formula is C12H24N2O4. The first kappa shape index (κ1) is 16.7. The van der Waals surface area contributed by atoms with Crippen molar-refractivity contribution in [3.8, 4) is 0 Å². The molecule has 0 aliphatic heterocycles. The maximum Gasteiger partial charge on any atom is 0.408 e. The van der Waals surface area contributed by atoms with E-state index in [0.29, 0.717) is 12.5 Å². The number of ether oxygens (including phenoxy) is 1. The van der Waals surface area contributed by atoms with Crippen molar-refractivity contribution in [1.82, 2.24) is 10.6 Å². The summed E-state index contributed by atoms with van der Waals surface area (Å²) < 4.78 is 5.00. The number of carbonyl (C=O) groups is 2. The molecule has 0 aromatic rings. The van der Waals surface area contributed by atoms with Gasteiger partial charge in [-0.05, 0) is 26.7 Å². The van der Waals surface area contributed by atoms with Crippen molar-refractivity contribution >= 4 is 12.0 Å². The average Bonchev–Trinajstić information content (AvgIpc) is 2.19. The smallest absolute Gasteiger partial charge is 0.408 e. The predicted octanol–water partition coefficient (Wildman–Crippen LogP) is 0.644. The molecule has 0 aromatic heterocycles. The Bertz CT molecular complexity index is 284. The van der Waals surface area contributed by atoms with Crippen LogP contribution >= 0.6 is 0 Å². The van der Waals surface area contributed by atoms with E-state index in [4.69, 9.17) is 9.84 Å². The number of rotatable bonds is 5. The number of hydrogen-bond acceptors (Lipinski definition) is 4. The first-order chi connectivity index (χ1) is 8.15. The number of carbonyl (C=O) groups excluding carboxylic acids is 2. The van der Waals surface area contributed by atoms with Crippen LogP contribution in [0.4, 0.5) is 4.79 Å². The minimum absolute atomic E-state index is 0.301. The van der Waals surface area contributed by atoms with Crippen molar-refractivity contribution in [1.29, 1.82) is 0 Å². The van der Waals surface area contributed by atoms with Gasteiger partial charge >= 0.3 is 6.09 Å². The van der Waals surface area contributed by atoms with Crippen molar-refractivity contribution in [2.24, 2.45) is 5.92 Å². The standard InChI is InChI=1S/C12H24N2O4/c1-8(2)6-13-10(16)9(7-15)14-11(17)18-12(3,4)5/h8-9,15H,6-7H2,1-5H3,(H,13,16)(H,14,17)/t9-/m0/s1. The highest BCUT2D eigenvalue weighted by molar-refractivity contribution is 5.85. The molecule has 18 heavy (non-hydrogen) atoms. The number of aliphatic hydroxyl groups excluding tert-OH is 1. The van der Waals surface area contributed by atoms with Crippen LogP contribution in [0, 0.1) is 5.92 Å². The molecule has 3 N–H and O–H groups in total. The summed E-state index contributed by atoms with van der Waals surface area (Å²) in [6.07, 6.45) is -0.721. The van der Waals surface area contributed by atoms with Gasteiger partial charge < -0.3 is 20.5 Å². The molecule has 6 nitrogen and oxygen atoms in total. The van der Waals surface area contributed by atoms with Crippen molar-refractivity contribution in [2.45, 2.75) is 46.3 Å². The molecule has 0 heterocycles. The Morgan fingerprint density at radius 3 is 2.22 bits per heavy atom. The summed E-state index contributed by atoms with van der Waals surface area (Å²) in [6.45, 7) is 9.09. The van der Waals surface area contributed by atoms with Crippen LogP contribution in [0.1, 0.15) is 34.6 Å². The summed E-state index contributed by atoms with van der Waals surface area (Å²) in [4.78, 5) is 23.1. The maximum atomic E-state index is 11.6. The predicted molar refractivity (Wildman–Crippen MR) is 68.1 cm³/mol. The lowest BCUT2D eigenvalue weighted by atomic mass is 10.2. The molecule has 106 valence electrons. The highest BCUT2D eigenvalue weighted by Gasteiger charge is 2.23. The van der Waals surface area contributed by atoms with Gasteiger partial charge in [0.2, 0.25) is 5.91 Å². The van der Waals surface area contributed by atoms with Crippen molar-refractivity contribution < 1.29 is 19.4 Å². The second-order valence-corrected chi connectivity index (χ2v) is 5.52. The largest absolute Gasteiger partial charge is 0.444 e. The van der Waals surface area contributed by atoms with E-state index in [9.17, 15) is 9.59 Å². The van der Waals surface area contributed by atoms with Gasteiger partial charge in [0.25, 0.3) is 0 Å². The van der Waals surface area contributed by atoms with Crippen molar-refractivity contribution in [2.75, 3.05) is 13.2 Å². The number of nitrogens with one attached hydrogen (secondary N) is 2. The number of hydrogen-bond donors (Lipinski definition) is 3. The summed E-state index contributed by atoms with van der Waals surface area (Å²) in [6, 6.07) is -0.987. The quantitative estimate of drug-likeness (QED) is 0.677. The summed E-state index contributed by atoms with van der Waals surface area (Å²) in [5.41, 5.74) is -0.640. The molecule has 0 spiro atoms. The van der Waals surface area contributed by atoms with Gasteiger partial charge in [-0.2, -0.15) is 0 Å². The minimum atomic E-state index is -0.987. The lowest BCUT2D eigenvalue weighted by molar-refractivity contribution is -0.124. The fourth-order valence-electron chi connectivity index (χ4n) is 1.07. The zero-order chi connectivity index (χ0) is 14.3. The topological polar surface area (TPSA) is 87.7 Å². The zero-order valence-electron chi connectivity index (χ0n) is 11.7. The van der Waals surface area contributed by atoms with Crippen LogP contribution < -0.4 is 10.6 Å². The minimum Gasteiger partial charge on any atom is -0.444 e. The Morgan fingerprint density at radius 1 is 1.28 bits per heavy atom. The summed E-state index contributed by atoms with van der Waals surface area (Å²) in [5, 5.41) is 14.0. The van der Waals surface area contributed by atoms with Crippen LogP contribution in [-0.4, -0.2) is 41.9 Å². The fourth-order valence-corrected chi connectivity index (χ4v) is 1.07. The molecule has 6 heteroatoms. The molecule has 0 fully saturated rings. The molecule has 2 amide bonds. The summed E-state index contributed by atoms with van der Waals surface area (Å²) in [7, 11) is 0. The number of alkyl carbamates (subject to hydrolysis) is 1. The van der Waals surface area contributed by atoms with Gasteiger partial charge in [0.15, 0.2) is 0 Å². The third-order valence-corrected chi connectivity index (χ3v) is 1.87. The lowest BCUT2D eigenvalue weighted by Gasteiger charge is -2.22. The van der Waals surface area contributed by atoms with Gasteiger partial charge in [0.05, 0.1) is 6.61 Å². The van der Waals surface area contributed by atoms with Gasteiger partial charge in [-0.3, -0.25) is 4.79 Å². The second-order valence-electron chi connectivity index (χ2n) is 5.52. The lowest BCUT2D eigenvalue weighted by Crippen LogP contribution is -2.50. The van der Waals surface area contributed by atoms with E-state index in [-0.39, 0.29) is 0 Å². The Hall–Kier alpha value is -1.30. The van der Waals surface area contributed by atoms with Gasteiger partial charge in [0, 0.05) is 6.54 Å². The van der Waals surface area contributed by atoms with Crippen molar-refractivity contribution in [3.63, 3.8) is 0 Å². The van der Waals surface area contributed by atoms with Crippen LogP contribution in [0.2, 0.25) is 0 Å². The van der Waals surface area contributed by atoms with E-state index in [0.717, 1.165) is 0 Å². The van der Waals surface area contributed by atoms with E-state index in [1.54, 1.807) is 20.8 Å². The molecule has 0 saturated heterocycles. The van der Waals surface area contributed by atoms with E-state index in [2.05, 4.69) is 10.6 Å². The Kier molecular flexibility index (Phi) is 6.68. The molecule has 0 bridgehead atoms. The maximum absolute atomic E-state index is 11.6. The Labute approximate surface area is 108 Å². The first-order valence-corrected chi connectivity index (χ1v) is 6.03. The third kappa shape index (κ3) is 7.89. The Balaban J connectivity index is 4.25. The molecule has 1 atom stereocenters. The van der Waals surface area contributed by atoms with Crippen molar-refractivity contribution in [3.05, 3.63) is 0 Å². The van der Waals surface area contributed by atoms with Crippen LogP contribution in [0.5, 0.6) is 0 Å². The van der Waals surface area contributed by atoms with Gasteiger partial charge in [-0.15, -0.1) is 0 Å². The molecular weight excluding hydrogens is 236 g/mol. The molecule has 0 aromatic carbocycles. The van der Waals surface area contributed by atoms with Gasteiger partial charge in [0.1, 0.15) is 11.6 Å². The summed E-state index contributed by atoms with van der Waals surface area (Å²) >= 11 is 0. The van der Waals surface area contributed by atoms with Gasteiger partial charge in [-0.25, -0.2) is 4.79 Å². The molecule has 0 rings (SSSR count). The fraction of sp³-hybridized carbons (Fsp3) is 0.833. The average molecular weight is 260 g/mol. The van der Waals surface area contributed by atoms with E-state index >= 15 is 0 Å². The van der Waals surface area contributed by atoms with E-state index in [1.807, 2.05) is 13.8 Å². The highest BCUT2D eigenvalue weighted by atomic mass is 16.6. The molecule has 0 unspecified atom stereocenters. The second kappa shape index (κ2) is 7.20. The molecule has 0 aliphatic rings. The normalized spacial score (nSPS) is 13.1.